The van der Waals surface area contributed by atoms with Crippen LogP contribution in [0.5, 0.6) is 0 Å². The zero-order chi connectivity index (χ0) is 10.3. The molecule has 72 valence electrons. The normalized spacial score (nSPS) is 12.2. The topological polar surface area (TPSA) is 63.6 Å². The van der Waals surface area contributed by atoms with E-state index < -0.39 is 12.1 Å². The van der Waals surface area contributed by atoms with Gasteiger partial charge in [0.1, 0.15) is 6.10 Å². The summed E-state index contributed by atoms with van der Waals surface area (Å²) < 4.78 is 4.32. The van der Waals surface area contributed by atoms with Gasteiger partial charge >= 0.3 is 5.97 Å². The number of unbranched alkanes of at least 4 members (excludes halogenated alkanes) is 1. The number of carbonyl (C=O) groups excluding carboxylic acids is 2. The summed E-state index contributed by atoms with van der Waals surface area (Å²) in [5, 5.41) is 8.96. The van der Waals surface area contributed by atoms with E-state index in [0.29, 0.717) is 0 Å². The van der Waals surface area contributed by atoms with Gasteiger partial charge in [-0.05, 0) is 19.8 Å². The molecule has 0 bridgehead atoms. The Hall–Kier alpha value is -0.900. The number of Topliss-reactive ketones (excluding diaryl/α,β-unsaturated/α-hetero) is 1. The highest BCUT2D eigenvalue weighted by atomic mass is 16.5. The van der Waals surface area contributed by atoms with Gasteiger partial charge in [-0.1, -0.05) is 0 Å². The molecule has 4 heteroatoms. The molecule has 0 aromatic carbocycles. The van der Waals surface area contributed by atoms with E-state index in [1.54, 1.807) is 0 Å². The molecule has 0 fully saturated rings. The highest BCUT2D eigenvalue weighted by Crippen LogP contribution is 2.00. The Morgan fingerprint density at radius 1 is 1.38 bits per heavy atom. The molecule has 0 spiro atoms. The van der Waals surface area contributed by atoms with Gasteiger partial charge < -0.3 is 9.84 Å². The van der Waals surface area contributed by atoms with Crippen LogP contribution >= 0.6 is 0 Å². The first-order chi connectivity index (χ1) is 6.07. The monoisotopic (exact) mass is 184 g/mol. The van der Waals surface area contributed by atoms with Crippen molar-refractivity contribution >= 4 is 11.8 Å². The van der Waals surface area contributed by atoms with Gasteiger partial charge in [-0.25, -0.2) is 0 Å². The van der Waals surface area contributed by atoms with Crippen molar-refractivity contribution < 1.29 is 19.4 Å². The molecule has 4 nitrogen and oxygen atoms in total. The number of esters is 1. The number of carbonyl (C=O) groups is 2. The van der Waals surface area contributed by atoms with Crippen LogP contribution < -0.4 is 0 Å². The summed E-state index contributed by atoms with van der Waals surface area (Å²) in [6.07, 6.45) is 4.15. The van der Waals surface area contributed by atoms with E-state index in [1.165, 1.54) is 39.7 Å². The summed E-state index contributed by atoms with van der Waals surface area (Å²) in [4.78, 5) is 21.0. The number of rotatable bonds is 6. The van der Waals surface area contributed by atoms with Gasteiger partial charge in [0.05, 0.1) is 13.5 Å². The molecule has 0 aliphatic rings. The molecule has 0 rings (SSSR count). The van der Waals surface area contributed by atoms with Crippen molar-refractivity contribution in [3.05, 3.63) is 25.7 Å². The molecule has 0 saturated heterocycles. The summed E-state index contributed by atoms with van der Waals surface area (Å²) in [5.41, 5.74) is 0. The lowest BCUT2D eigenvalue weighted by Gasteiger charge is -2.04. The third kappa shape index (κ3) is 6.28. The van der Waals surface area contributed by atoms with Crippen LogP contribution in [0.15, 0.2) is 0 Å². The summed E-state index contributed by atoms with van der Waals surface area (Å²) in [7, 11) is 1.26. The lowest BCUT2D eigenvalue weighted by atomic mass is 10.1. The first-order valence-corrected chi connectivity index (χ1v) is 3.69. The number of aliphatic hydroxyl groups is 1. The van der Waals surface area contributed by atoms with Crippen LogP contribution in [0.2, 0.25) is 0 Å². The molecule has 0 saturated carbocycles. The molecule has 0 heterocycles. The van der Waals surface area contributed by atoms with E-state index >= 15 is 0 Å². The smallest absolute Gasteiger partial charge is 0.309 e. The van der Waals surface area contributed by atoms with Crippen molar-refractivity contribution in [3.8, 4) is 0 Å². The van der Waals surface area contributed by atoms with Crippen LogP contribution in [0.3, 0.4) is 0 Å². The van der Waals surface area contributed by atoms with Crippen LogP contribution in [0.25, 0.3) is 0 Å². The summed E-state index contributed by atoms with van der Waals surface area (Å²) in [6.45, 7) is 1.28. The predicted molar refractivity (Wildman–Crippen MR) is 45.9 cm³/mol. The minimum atomic E-state index is -1.11. The first kappa shape index (κ1) is 12.1. The molecule has 0 aromatic rings. The third-order valence-corrected chi connectivity index (χ3v) is 1.25. The molecule has 0 unspecified atom stereocenters. The maximum atomic E-state index is 10.5. The van der Waals surface area contributed by atoms with E-state index in [1.807, 2.05) is 0 Å². The Bertz CT molecular complexity index is 176. The maximum absolute atomic E-state index is 10.5. The summed E-state index contributed by atoms with van der Waals surface area (Å²) >= 11 is 0. The van der Waals surface area contributed by atoms with Gasteiger partial charge in [0.15, 0.2) is 5.78 Å². The van der Waals surface area contributed by atoms with E-state index in [0.717, 1.165) is 0 Å². The Morgan fingerprint density at radius 2 is 2.00 bits per heavy atom. The second-order valence-electron chi connectivity index (χ2n) is 2.32. The predicted octanol–water partition coefficient (Wildman–Crippen LogP) is -0.0735. The standard InChI is InChI=1S/C9H12O4/c1-7(10)8(11)5-3-4-6-9(12)13-2/h3-6,8,11H,1-2H3/t8-/m0/s1. The fraction of sp³-hybridized carbons (Fsp3) is 0.333. The average molecular weight is 184 g/mol. The zero-order valence-corrected chi connectivity index (χ0v) is 7.56. The Balaban J connectivity index is 3.35. The number of methoxy groups -OCH3 is 1. The van der Waals surface area contributed by atoms with Crippen molar-refractivity contribution in [1.82, 2.24) is 0 Å². The summed E-state index contributed by atoms with van der Waals surface area (Å²) in [5.74, 6) is -0.829. The van der Waals surface area contributed by atoms with Crippen molar-refractivity contribution in [2.45, 2.75) is 13.0 Å². The zero-order valence-electron chi connectivity index (χ0n) is 7.56. The van der Waals surface area contributed by atoms with Crippen LogP contribution in [0.4, 0.5) is 0 Å². The third-order valence-electron chi connectivity index (χ3n) is 1.25. The lowest BCUT2D eigenvalue weighted by Crippen LogP contribution is -2.17. The second-order valence-corrected chi connectivity index (χ2v) is 2.32. The van der Waals surface area contributed by atoms with Gasteiger partial charge in [0.2, 0.25) is 0 Å². The van der Waals surface area contributed by atoms with Crippen LogP contribution in [-0.4, -0.2) is 30.1 Å². The minimum Gasteiger partial charge on any atom is -0.469 e. The van der Waals surface area contributed by atoms with Gasteiger partial charge in [-0.3, -0.25) is 9.59 Å². The minimum absolute atomic E-state index is 0.345. The molecule has 1 atom stereocenters. The largest absolute Gasteiger partial charge is 0.469 e. The average Bonchev–Trinajstić information content (AvgIpc) is 2.11. The lowest BCUT2D eigenvalue weighted by molar-refractivity contribution is -0.136. The molecule has 0 aromatic heterocycles. The molecule has 0 aliphatic carbocycles. The van der Waals surface area contributed by atoms with Gasteiger partial charge in [0.25, 0.3) is 0 Å². The molecule has 4 radical (unpaired) electrons. The number of aliphatic hydroxyl groups excluding tert-OH is 1. The molecule has 1 N–H and O–H groups in total. The number of ketones is 1. The Morgan fingerprint density at radius 3 is 2.46 bits per heavy atom. The first-order valence-electron chi connectivity index (χ1n) is 3.69. The molecule has 0 amide bonds. The van der Waals surface area contributed by atoms with Crippen LogP contribution in [-0.2, 0) is 14.3 Å². The van der Waals surface area contributed by atoms with Gasteiger partial charge in [0, 0.05) is 6.42 Å². The van der Waals surface area contributed by atoms with Crippen LogP contribution in [0.1, 0.15) is 6.92 Å². The molecular weight excluding hydrogens is 172 g/mol. The van der Waals surface area contributed by atoms with E-state index in [2.05, 4.69) is 4.74 Å². The number of ether oxygens (including phenoxy) is 1. The maximum Gasteiger partial charge on any atom is 0.309 e. The highest BCUT2D eigenvalue weighted by molar-refractivity contribution is 5.82. The van der Waals surface area contributed by atoms with E-state index in [-0.39, 0.29) is 5.78 Å². The molecule has 0 aliphatic heterocycles. The molecular formula is C9H12O4. The highest BCUT2D eigenvalue weighted by Gasteiger charge is 2.10. The fourth-order valence-corrected chi connectivity index (χ4v) is 0.507. The van der Waals surface area contributed by atoms with Crippen molar-refractivity contribution in [1.29, 1.82) is 0 Å². The summed E-state index contributed by atoms with van der Waals surface area (Å²) in [6, 6.07) is 0. The number of hydrogen-bond donors (Lipinski definition) is 1. The fourth-order valence-electron chi connectivity index (χ4n) is 0.507. The molecule has 13 heavy (non-hydrogen) atoms. The van der Waals surface area contributed by atoms with Gasteiger partial charge in [-0.15, -0.1) is 0 Å². The van der Waals surface area contributed by atoms with Crippen molar-refractivity contribution in [2.75, 3.05) is 7.11 Å². The Labute approximate surface area is 77.9 Å². The van der Waals surface area contributed by atoms with Crippen molar-refractivity contribution in [3.63, 3.8) is 0 Å². The van der Waals surface area contributed by atoms with E-state index in [9.17, 15) is 9.59 Å². The quantitative estimate of drug-likeness (QED) is 0.463. The van der Waals surface area contributed by atoms with E-state index in [4.69, 9.17) is 5.11 Å². The SMILES string of the molecule is COC(=O)[CH][CH][CH][CH][C@H](O)C(C)=O. The van der Waals surface area contributed by atoms with Crippen LogP contribution in [0, 0.1) is 25.7 Å². The Kier molecular flexibility index (Phi) is 6.14. The van der Waals surface area contributed by atoms with Crippen molar-refractivity contribution in [2.24, 2.45) is 0 Å². The number of hydrogen-bond acceptors (Lipinski definition) is 4. The van der Waals surface area contributed by atoms with Gasteiger partial charge in [-0.2, -0.15) is 0 Å². The second kappa shape index (κ2) is 6.60.